The molecule has 1 aromatic heterocycles. The molecule has 0 aliphatic rings. The normalized spacial score (nSPS) is 12.5. The van der Waals surface area contributed by atoms with Crippen LogP contribution in [0.3, 0.4) is 0 Å². The summed E-state index contributed by atoms with van der Waals surface area (Å²) in [6, 6.07) is 2.57. The van der Waals surface area contributed by atoms with Gasteiger partial charge in [-0.05, 0) is 18.6 Å². The highest BCUT2D eigenvalue weighted by atomic mass is 19.4. The molecule has 0 bridgehead atoms. The van der Waals surface area contributed by atoms with Crippen LogP contribution in [0.5, 0.6) is 0 Å². The maximum atomic E-state index is 12.4. The van der Waals surface area contributed by atoms with E-state index in [0.29, 0.717) is 0 Å². The second-order valence-corrected chi connectivity index (χ2v) is 4.54. The van der Waals surface area contributed by atoms with Gasteiger partial charge in [-0.15, -0.1) is 0 Å². The molecule has 1 aromatic rings. The summed E-state index contributed by atoms with van der Waals surface area (Å²) in [6.07, 6.45) is -3.05. The van der Waals surface area contributed by atoms with Crippen LogP contribution in [-0.4, -0.2) is 45.6 Å². The van der Waals surface area contributed by atoms with Crippen LogP contribution >= 0.6 is 0 Å². The molecule has 0 aliphatic heterocycles. The van der Waals surface area contributed by atoms with Gasteiger partial charge in [0.25, 0.3) is 5.91 Å². The molecule has 1 amide bonds. The lowest BCUT2D eigenvalue weighted by molar-refractivity contribution is -0.140. The van der Waals surface area contributed by atoms with Crippen molar-refractivity contribution in [3.8, 4) is 0 Å². The fourth-order valence-electron chi connectivity index (χ4n) is 1.70. The molecule has 0 radical (unpaired) electrons. The van der Waals surface area contributed by atoms with E-state index in [1.165, 1.54) is 12.1 Å². The predicted molar refractivity (Wildman–Crippen MR) is 65.1 cm³/mol. The van der Waals surface area contributed by atoms with E-state index in [1.54, 1.807) is 6.92 Å². The molecule has 0 aromatic carbocycles. The first-order chi connectivity index (χ1) is 9.27. The fourth-order valence-corrected chi connectivity index (χ4v) is 1.70. The summed E-state index contributed by atoms with van der Waals surface area (Å²) in [7, 11) is 0. The fraction of sp³-hybridized carbons (Fsp3) is 0.583. The average molecular weight is 294 g/mol. The van der Waals surface area contributed by atoms with Crippen LogP contribution in [0.2, 0.25) is 0 Å². The van der Waals surface area contributed by atoms with Gasteiger partial charge in [-0.1, -0.05) is 6.92 Å². The molecular weight excluding hydrogens is 277 g/mol. The van der Waals surface area contributed by atoms with Crippen LogP contribution in [0.15, 0.2) is 18.3 Å². The lowest BCUT2D eigenvalue weighted by atomic mass is 9.98. The highest BCUT2D eigenvalue weighted by Crippen LogP contribution is 2.19. The summed E-state index contributed by atoms with van der Waals surface area (Å²) in [5, 5.41) is 20.8. The Morgan fingerprint density at radius 2 is 1.95 bits per heavy atom. The zero-order valence-corrected chi connectivity index (χ0v) is 10.9. The predicted octanol–water partition coefficient (Wildman–Crippen LogP) is 0.914. The Morgan fingerprint density at radius 1 is 1.35 bits per heavy atom. The van der Waals surface area contributed by atoms with Gasteiger partial charge < -0.3 is 20.1 Å². The first-order valence-electron chi connectivity index (χ1n) is 6.03. The molecule has 114 valence electrons. The molecule has 20 heavy (non-hydrogen) atoms. The molecule has 0 fully saturated rings. The average Bonchev–Trinajstić information content (AvgIpc) is 2.82. The maximum Gasteiger partial charge on any atom is 0.406 e. The van der Waals surface area contributed by atoms with Crippen LogP contribution in [0.4, 0.5) is 13.2 Å². The number of hydrogen-bond acceptors (Lipinski definition) is 3. The Balaban J connectivity index is 2.91. The molecule has 0 spiro atoms. The number of hydrogen-bond donors (Lipinski definition) is 3. The summed E-state index contributed by atoms with van der Waals surface area (Å²) < 4.78 is 37.9. The number of nitrogens with zero attached hydrogens (tertiary/aromatic N) is 1. The van der Waals surface area contributed by atoms with Crippen LogP contribution < -0.4 is 5.32 Å². The summed E-state index contributed by atoms with van der Waals surface area (Å²) in [5.41, 5.74) is -1.42. The summed E-state index contributed by atoms with van der Waals surface area (Å²) in [5.74, 6) is -0.774. The van der Waals surface area contributed by atoms with E-state index in [-0.39, 0.29) is 12.1 Å². The van der Waals surface area contributed by atoms with Crippen LogP contribution in [0.1, 0.15) is 23.8 Å². The highest BCUT2D eigenvalue weighted by Gasteiger charge is 2.32. The first kappa shape index (κ1) is 16.5. The number of carbonyl (C=O) groups is 1. The summed E-state index contributed by atoms with van der Waals surface area (Å²) >= 11 is 0. The van der Waals surface area contributed by atoms with Crippen LogP contribution in [0.25, 0.3) is 0 Å². The van der Waals surface area contributed by atoms with Gasteiger partial charge in [-0.25, -0.2) is 0 Å². The van der Waals surface area contributed by atoms with Gasteiger partial charge in [-0.2, -0.15) is 13.2 Å². The second kappa shape index (κ2) is 6.27. The van der Waals surface area contributed by atoms with Gasteiger partial charge in [-0.3, -0.25) is 4.79 Å². The van der Waals surface area contributed by atoms with Crippen molar-refractivity contribution in [3.63, 3.8) is 0 Å². The SMILES string of the molecule is CCC(CO)(CO)NC(=O)c1cccn1CC(F)(F)F. The van der Waals surface area contributed by atoms with E-state index in [1.807, 2.05) is 0 Å². The van der Waals surface area contributed by atoms with Crippen molar-refractivity contribution >= 4 is 5.91 Å². The number of nitrogens with one attached hydrogen (secondary N) is 1. The van der Waals surface area contributed by atoms with Crippen LogP contribution in [-0.2, 0) is 6.54 Å². The quantitative estimate of drug-likeness (QED) is 0.730. The second-order valence-electron chi connectivity index (χ2n) is 4.54. The number of amides is 1. The number of aliphatic hydroxyl groups excluding tert-OH is 2. The largest absolute Gasteiger partial charge is 0.406 e. The Hall–Kier alpha value is -1.54. The molecule has 1 rings (SSSR count). The molecule has 0 unspecified atom stereocenters. The Bertz CT molecular complexity index is 445. The van der Waals surface area contributed by atoms with Gasteiger partial charge in [0, 0.05) is 6.20 Å². The third-order valence-corrected chi connectivity index (χ3v) is 3.07. The molecule has 0 saturated heterocycles. The van der Waals surface area contributed by atoms with E-state index in [2.05, 4.69) is 5.32 Å². The minimum Gasteiger partial charge on any atom is -0.394 e. The van der Waals surface area contributed by atoms with Crippen molar-refractivity contribution in [3.05, 3.63) is 24.0 Å². The molecule has 0 atom stereocenters. The lowest BCUT2D eigenvalue weighted by Gasteiger charge is -2.29. The van der Waals surface area contributed by atoms with E-state index >= 15 is 0 Å². The van der Waals surface area contributed by atoms with E-state index in [4.69, 9.17) is 0 Å². The zero-order chi connectivity index (χ0) is 15.4. The van der Waals surface area contributed by atoms with Crippen molar-refractivity contribution < 1.29 is 28.2 Å². The summed E-state index contributed by atoms with van der Waals surface area (Å²) in [4.78, 5) is 12.0. The highest BCUT2D eigenvalue weighted by molar-refractivity contribution is 5.93. The standard InChI is InChI=1S/C12H17F3N2O3/c1-2-11(7-18,8-19)16-10(20)9-4-3-5-17(9)6-12(13,14)15/h3-5,18-19H,2,6-8H2,1H3,(H,16,20). The van der Waals surface area contributed by atoms with Crippen molar-refractivity contribution in [1.29, 1.82) is 0 Å². The smallest absolute Gasteiger partial charge is 0.394 e. The van der Waals surface area contributed by atoms with Crippen molar-refractivity contribution in [1.82, 2.24) is 9.88 Å². The molecule has 8 heteroatoms. The number of aliphatic hydroxyl groups is 2. The van der Waals surface area contributed by atoms with Gasteiger partial charge in [0.15, 0.2) is 0 Å². The number of rotatable bonds is 6. The number of carbonyl (C=O) groups excluding carboxylic acids is 1. The third kappa shape index (κ3) is 3.97. The molecule has 0 aliphatic carbocycles. The Kier molecular flexibility index (Phi) is 5.18. The lowest BCUT2D eigenvalue weighted by Crippen LogP contribution is -2.54. The zero-order valence-electron chi connectivity index (χ0n) is 10.9. The van der Waals surface area contributed by atoms with Crippen LogP contribution in [0, 0.1) is 0 Å². The molecular formula is C12H17F3N2O3. The molecule has 5 nitrogen and oxygen atoms in total. The van der Waals surface area contributed by atoms with Gasteiger partial charge >= 0.3 is 6.18 Å². The topological polar surface area (TPSA) is 74.5 Å². The van der Waals surface area contributed by atoms with Crippen molar-refractivity contribution in [2.75, 3.05) is 13.2 Å². The summed E-state index contributed by atoms with van der Waals surface area (Å²) in [6.45, 7) is -0.654. The van der Waals surface area contributed by atoms with Crippen molar-refractivity contribution in [2.24, 2.45) is 0 Å². The third-order valence-electron chi connectivity index (χ3n) is 3.07. The van der Waals surface area contributed by atoms with Crippen molar-refractivity contribution in [2.45, 2.75) is 31.6 Å². The van der Waals surface area contributed by atoms with E-state index in [0.717, 1.165) is 10.8 Å². The van der Waals surface area contributed by atoms with Gasteiger partial charge in [0.2, 0.25) is 0 Å². The maximum absolute atomic E-state index is 12.4. The molecule has 0 saturated carbocycles. The minimum absolute atomic E-state index is 0.179. The van der Waals surface area contributed by atoms with E-state index in [9.17, 15) is 28.2 Å². The Morgan fingerprint density at radius 3 is 2.40 bits per heavy atom. The monoisotopic (exact) mass is 294 g/mol. The number of halogens is 3. The first-order valence-corrected chi connectivity index (χ1v) is 6.03. The number of alkyl halides is 3. The van der Waals surface area contributed by atoms with Gasteiger partial charge in [0.05, 0.1) is 18.8 Å². The molecule has 3 N–H and O–H groups in total. The molecule has 1 heterocycles. The number of aromatic nitrogens is 1. The van der Waals surface area contributed by atoms with E-state index < -0.39 is 37.4 Å². The minimum atomic E-state index is -4.44. The Labute approximate surface area is 114 Å². The van der Waals surface area contributed by atoms with Gasteiger partial charge in [0.1, 0.15) is 12.2 Å².